The van der Waals surface area contributed by atoms with Crippen molar-refractivity contribution in [3.63, 3.8) is 0 Å². The molecule has 0 unspecified atom stereocenters. The molecular weight excluding hydrogens is 432 g/mol. The van der Waals surface area contributed by atoms with Crippen molar-refractivity contribution in [3.8, 4) is 0 Å². The van der Waals surface area contributed by atoms with Gasteiger partial charge in [0.05, 0.1) is 22.7 Å². The zero-order valence-corrected chi connectivity index (χ0v) is 16.5. The first kappa shape index (κ1) is 17.5. The van der Waals surface area contributed by atoms with E-state index >= 15 is 0 Å². The number of nitrogens with one attached hydrogen (secondary N) is 2. The summed E-state index contributed by atoms with van der Waals surface area (Å²) in [4.78, 5) is 34.0. The molecule has 2 aliphatic heterocycles. The first-order chi connectivity index (χ1) is 14.1. The summed E-state index contributed by atoms with van der Waals surface area (Å²) in [5, 5.41) is 5.63. The number of rotatable bonds is 2. The van der Waals surface area contributed by atoms with E-state index < -0.39 is 0 Å². The van der Waals surface area contributed by atoms with Crippen molar-refractivity contribution in [2.24, 2.45) is 9.98 Å². The average Bonchev–Trinajstić information content (AvgIpc) is 3.19. The van der Waals surface area contributed by atoms with Gasteiger partial charge in [-0.25, -0.2) is 9.98 Å². The molecule has 3 aromatic carbocycles. The zero-order chi connectivity index (χ0) is 20.0. The molecule has 6 nitrogen and oxygen atoms in total. The number of hydrogen-bond acceptors (Lipinski definition) is 4. The molecule has 2 N–H and O–H groups in total. The van der Waals surface area contributed by atoms with Crippen molar-refractivity contribution in [2.75, 3.05) is 10.6 Å². The van der Waals surface area contributed by atoms with Gasteiger partial charge in [0, 0.05) is 15.6 Å². The maximum atomic E-state index is 12.5. The Balaban J connectivity index is 1.62. The molecule has 0 fully saturated rings. The van der Waals surface area contributed by atoms with Crippen LogP contribution in [-0.2, 0) is 9.59 Å². The molecule has 5 rings (SSSR count). The quantitative estimate of drug-likeness (QED) is 0.605. The van der Waals surface area contributed by atoms with Crippen LogP contribution in [0.15, 0.2) is 81.2 Å². The van der Waals surface area contributed by atoms with E-state index in [1.807, 2.05) is 54.6 Å². The molecule has 2 amide bonds. The van der Waals surface area contributed by atoms with Crippen molar-refractivity contribution in [2.45, 2.75) is 0 Å². The molecule has 2 heterocycles. The fraction of sp³-hybridized carbons (Fsp3) is 0. The van der Waals surface area contributed by atoms with E-state index in [0.29, 0.717) is 28.5 Å². The molecule has 7 heteroatoms. The summed E-state index contributed by atoms with van der Waals surface area (Å²) in [6.07, 6.45) is 0. The number of para-hydroxylation sites is 3. The Labute approximate surface area is 174 Å². The molecule has 0 radical (unpaired) electrons. The number of aliphatic imine (C=N–C) groups is 2. The first-order valence-corrected chi connectivity index (χ1v) is 9.68. The van der Waals surface area contributed by atoms with Crippen molar-refractivity contribution < 1.29 is 9.59 Å². The Morgan fingerprint density at radius 1 is 0.655 bits per heavy atom. The SMILES string of the molecule is O=C1Nc2ccccc2/C1=N/c1ccccc1/N=C1/C(=O)Nc2ccc(Br)cc21. The molecule has 0 saturated carbocycles. The van der Waals surface area contributed by atoms with Gasteiger partial charge in [0.2, 0.25) is 0 Å². The number of benzene rings is 3. The lowest BCUT2D eigenvalue weighted by Gasteiger charge is -2.04. The third-order valence-corrected chi connectivity index (χ3v) is 5.18. The summed E-state index contributed by atoms with van der Waals surface area (Å²) in [7, 11) is 0. The number of carbonyl (C=O) groups excluding carboxylic acids is 2. The second-order valence-corrected chi connectivity index (χ2v) is 7.47. The second kappa shape index (κ2) is 6.79. The van der Waals surface area contributed by atoms with E-state index in [2.05, 4.69) is 36.5 Å². The molecule has 0 spiro atoms. The minimum atomic E-state index is -0.274. The highest BCUT2D eigenvalue weighted by atomic mass is 79.9. The standard InChI is InChI=1S/C22H13BrN4O2/c23-12-9-10-16-14(11-12)20(22(29)27-16)25-18-8-4-3-7-17(18)24-19-13-5-1-2-6-15(13)26-21(19)28/h1-11H,(H,24,26,28)(H,25,27,29). The third kappa shape index (κ3) is 3.05. The van der Waals surface area contributed by atoms with Gasteiger partial charge in [0.15, 0.2) is 0 Å². The normalized spacial score (nSPS) is 17.3. The van der Waals surface area contributed by atoms with Crippen molar-refractivity contribution in [1.29, 1.82) is 0 Å². The molecule has 3 aromatic rings. The van der Waals surface area contributed by atoms with E-state index in [1.54, 1.807) is 12.1 Å². The Kier molecular flexibility index (Phi) is 4.10. The zero-order valence-electron chi connectivity index (χ0n) is 14.9. The lowest BCUT2D eigenvalue weighted by Crippen LogP contribution is -2.14. The summed E-state index contributed by atoms with van der Waals surface area (Å²) < 4.78 is 0.855. The highest BCUT2D eigenvalue weighted by Gasteiger charge is 2.28. The van der Waals surface area contributed by atoms with Crippen LogP contribution in [-0.4, -0.2) is 23.2 Å². The number of fused-ring (bicyclic) bond motifs is 2. The number of carbonyl (C=O) groups is 2. The molecule has 0 atom stereocenters. The summed E-state index contributed by atoms with van der Waals surface area (Å²) >= 11 is 3.43. The molecule has 140 valence electrons. The molecule has 0 aromatic heterocycles. The van der Waals surface area contributed by atoms with Gasteiger partial charge in [-0.3, -0.25) is 9.59 Å². The highest BCUT2D eigenvalue weighted by molar-refractivity contribution is 9.10. The largest absolute Gasteiger partial charge is 0.320 e. The van der Waals surface area contributed by atoms with Crippen molar-refractivity contribution in [3.05, 3.63) is 82.3 Å². The fourth-order valence-electron chi connectivity index (χ4n) is 3.34. The Bertz CT molecular complexity index is 1260. The van der Waals surface area contributed by atoms with Gasteiger partial charge < -0.3 is 10.6 Å². The Morgan fingerprint density at radius 3 is 1.90 bits per heavy atom. The molecule has 0 saturated heterocycles. The predicted octanol–water partition coefficient (Wildman–Crippen LogP) is 4.59. The van der Waals surface area contributed by atoms with Crippen LogP contribution in [0, 0.1) is 0 Å². The van der Waals surface area contributed by atoms with Crippen LogP contribution in [0.1, 0.15) is 11.1 Å². The number of hydrogen-bond donors (Lipinski definition) is 2. The average molecular weight is 445 g/mol. The minimum Gasteiger partial charge on any atom is -0.320 e. The highest BCUT2D eigenvalue weighted by Crippen LogP contribution is 2.34. The Hall–Kier alpha value is -3.58. The number of nitrogens with zero attached hydrogens (tertiary/aromatic N) is 2. The summed E-state index contributed by atoms with van der Waals surface area (Å²) in [6, 6.07) is 20.1. The van der Waals surface area contributed by atoms with E-state index in [0.717, 1.165) is 21.3 Å². The summed E-state index contributed by atoms with van der Waals surface area (Å²) in [5.41, 5.74) is 4.56. The molecule has 29 heavy (non-hydrogen) atoms. The smallest absolute Gasteiger partial charge is 0.275 e. The van der Waals surface area contributed by atoms with Crippen LogP contribution in [0.4, 0.5) is 22.7 Å². The Morgan fingerprint density at radius 2 is 1.21 bits per heavy atom. The maximum absolute atomic E-state index is 12.5. The topological polar surface area (TPSA) is 82.9 Å². The molecular formula is C22H13BrN4O2. The van der Waals surface area contributed by atoms with Crippen LogP contribution in [0.25, 0.3) is 0 Å². The monoisotopic (exact) mass is 444 g/mol. The second-order valence-electron chi connectivity index (χ2n) is 6.55. The van der Waals surface area contributed by atoms with Gasteiger partial charge in [-0.2, -0.15) is 0 Å². The molecule has 0 aliphatic carbocycles. The van der Waals surface area contributed by atoms with Gasteiger partial charge in [-0.1, -0.05) is 46.3 Å². The van der Waals surface area contributed by atoms with E-state index in [9.17, 15) is 9.59 Å². The lowest BCUT2D eigenvalue weighted by molar-refractivity contribution is -0.110. The van der Waals surface area contributed by atoms with Crippen LogP contribution < -0.4 is 10.6 Å². The van der Waals surface area contributed by atoms with Gasteiger partial charge in [0.25, 0.3) is 11.8 Å². The van der Waals surface area contributed by atoms with Crippen LogP contribution >= 0.6 is 15.9 Å². The molecule has 0 bridgehead atoms. The van der Waals surface area contributed by atoms with Crippen molar-refractivity contribution in [1.82, 2.24) is 0 Å². The van der Waals surface area contributed by atoms with Crippen LogP contribution in [0.5, 0.6) is 0 Å². The number of amides is 2. The van der Waals surface area contributed by atoms with E-state index in [1.165, 1.54) is 0 Å². The van der Waals surface area contributed by atoms with Gasteiger partial charge >= 0.3 is 0 Å². The van der Waals surface area contributed by atoms with Gasteiger partial charge in [-0.05, 0) is 36.4 Å². The third-order valence-electron chi connectivity index (χ3n) is 4.69. The summed E-state index contributed by atoms with van der Waals surface area (Å²) in [5.74, 6) is -0.536. The van der Waals surface area contributed by atoms with E-state index in [4.69, 9.17) is 0 Å². The maximum Gasteiger partial charge on any atom is 0.275 e. The van der Waals surface area contributed by atoms with Gasteiger partial charge in [0.1, 0.15) is 11.4 Å². The number of halogens is 1. The fourth-order valence-corrected chi connectivity index (χ4v) is 3.70. The van der Waals surface area contributed by atoms with Crippen LogP contribution in [0.3, 0.4) is 0 Å². The van der Waals surface area contributed by atoms with Gasteiger partial charge in [-0.15, -0.1) is 0 Å². The predicted molar refractivity (Wildman–Crippen MR) is 117 cm³/mol. The lowest BCUT2D eigenvalue weighted by atomic mass is 10.1. The van der Waals surface area contributed by atoms with E-state index in [-0.39, 0.29) is 11.8 Å². The first-order valence-electron chi connectivity index (χ1n) is 8.88. The molecule has 2 aliphatic rings. The van der Waals surface area contributed by atoms with Crippen LogP contribution in [0.2, 0.25) is 0 Å². The van der Waals surface area contributed by atoms with Crippen molar-refractivity contribution >= 4 is 61.9 Å². The minimum absolute atomic E-state index is 0.262. The number of anilines is 2. The summed E-state index contributed by atoms with van der Waals surface area (Å²) in [6.45, 7) is 0.